The standard InChI is InChI=1S/C25H24N4O2S/c26-22-12-13-27-16-23(22)32-17-18-5-4-6-20(15-18)29-25(30)19-9-10-24(28-14-11-19)31-21-7-2-1-3-8-21/h1-16,19,25,29-30H,17H2,(H2,26,27). The van der Waals surface area contributed by atoms with E-state index in [1.165, 1.54) is 0 Å². The third kappa shape index (κ3) is 6.00. The molecule has 4 N–H and O–H groups in total. The third-order valence-corrected chi connectivity index (χ3v) is 5.88. The van der Waals surface area contributed by atoms with Gasteiger partial charge in [0.1, 0.15) is 12.0 Å². The van der Waals surface area contributed by atoms with Crippen LogP contribution in [-0.4, -0.2) is 22.2 Å². The lowest BCUT2D eigenvalue weighted by atomic mass is 10.1. The minimum atomic E-state index is -0.814. The average molecular weight is 445 g/mol. The highest BCUT2D eigenvalue weighted by molar-refractivity contribution is 7.98. The summed E-state index contributed by atoms with van der Waals surface area (Å²) >= 11 is 1.63. The van der Waals surface area contributed by atoms with Gasteiger partial charge in [0.25, 0.3) is 0 Å². The quantitative estimate of drug-likeness (QED) is 0.356. The summed E-state index contributed by atoms with van der Waals surface area (Å²) in [5.41, 5.74) is 8.66. The van der Waals surface area contributed by atoms with E-state index in [4.69, 9.17) is 10.5 Å². The summed E-state index contributed by atoms with van der Waals surface area (Å²) < 4.78 is 5.76. The number of aromatic nitrogens is 1. The molecule has 3 aromatic rings. The number of nitrogen functional groups attached to an aromatic ring is 1. The van der Waals surface area contributed by atoms with Crippen molar-refractivity contribution in [2.75, 3.05) is 11.1 Å². The number of aliphatic hydroxyl groups excluding tert-OH is 1. The Bertz CT molecular complexity index is 1130. The highest BCUT2D eigenvalue weighted by Gasteiger charge is 2.16. The first-order chi connectivity index (χ1) is 15.7. The van der Waals surface area contributed by atoms with E-state index in [1.54, 1.807) is 42.5 Å². The van der Waals surface area contributed by atoms with Gasteiger partial charge < -0.3 is 20.9 Å². The van der Waals surface area contributed by atoms with Crippen LogP contribution in [0.25, 0.3) is 0 Å². The molecule has 1 aliphatic rings. The number of hydrogen-bond donors (Lipinski definition) is 3. The molecule has 0 saturated heterocycles. The van der Waals surface area contributed by atoms with Crippen LogP contribution in [-0.2, 0) is 5.75 Å². The van der Waals surface area contributed by atoms with Crippen LogP contribution in [0, 0.1) is 5.92 Å². The maximum Gasteiger partial charge on any atom is 0.218 e. The van der Waals surface area contributed by atoms with Gasteiger partial charge in [0.05, 0.1) is 0 Å². The van der Waals surface area contributed by atoms with Gasteiger partial charge in [0.15, 0.2) is 0 Å². The van der Waals surface area contributed by atoms with E-state index in [0.717, 1.165) is 27.6 Å². The summed E-state index contributed by atoms with van der Waals surface area (Å²) in [7, 11) is 0. The first-order valence-electron chi connectivity index (χ1n) is 10.2. The Morgan fingerprint density at radius 3 is 2.81 bits per heavy atom. The molecule has 0 aliphatic carbocycles. The number of ether oxygens (including phenoxy) is 1. The minimum Gasteiger partial charge on any atom is -0.439 e. The van der Waals surface area contributed by atoms with E-state index < -0.39 is 6.23 Å². The Balaban J connectivity index is 1.35. The average Bonchev–Trinajstić information content (AvgIpc) is 3.05. The summed E-state index contributed by atoms with van der Waals surface area (Å²) in [6.45, 7) is 0. The smallest absolute Gasteiger partial charge is 0.218 e. The Morgan fingerprint density at radius 1 is 1.09 bits per heavy atom. The van der Waals surface area contributed by atoms with Gasteiger partial charge in [0.2, 0.25) is 5.90 Å². The second kappa shape index (κ2) is 10.7. The number of thioether (sulfide) groups is 1. The summed E-state index contributed by atoms with van der Waals surface area (Å²) in [5.74, 6) is 1.67. The fourth-order valence-electron chi connectivity index (χ4n) is 3.09. The molecule has 2 heterocycles. The molecule has 32 heavy (non-hydrogen) atoms. The topological polar surface area (TPSA) is 92.8 Å². The molecular weight excluding hydrogens is 420 g/mol. The number of nitrogens with two attached hydrogens (primary N) is 1. The summed E-state index contributed by atoms with van der Waals surface area (Å²) in [5, 5.41) is 13.9. The highest BCUT2D eigenvalue weighted by Crippen LogP contribution is 2.28. The number of benzene rings is 2. The summed E-state index contributed by atoms with van der Waals surface area (Å²) in [6.07, 6.45) is 9.77. The van der Waals surface area contributed by atoms with Crippen LogP contribution < -0.4 is 15.8 Å². The number of nitrogens with zero attached hydrogens (tertiary/aromatic N) is 2. The zero-order valence-electron chi connectivity index (χ0n) is 17.3. The third-order valence-electron chi connectivity index (χ3n) is 4.75. The fourth-order valence-corrected chi connectivity index (χ4v) is 3.96. The SMILES string of the molecule is Nc1ccncc1SCc1cccc(NC(O)C2C=CN=C(Oc3ccccc3)C=C2)c1. The fraction of sp³-hybridized carbons (Fsp3) is 0.120. The monoisotopic (exact) mass is 444 g/mol. The largest absolute Gasteiger partial charge is 0.439 e. The summed E-state index contributed by atoms with van der Waals surface area (Å²) in [4.78, 5) is 9.38. The van der Waals surface area contributed by atoms with Crippen LogP contribution in [0.4, 0.5) is 11.4 Å². The number of rotatable bonds is 7. The molecule has 0 amide bonds. The first kappa shape index (κ1) is 21.7. The van der Waals surface area contributed by atoms with Crippen molar-refractivity contribution in [1.82, 2.24) is 4.98 Å². The second-order valence-corrected chi connectivity index (χ2v) is 8.17. The molecule has 2 unspecified atom stereocenters. The van der Waals surface area contributed by atoms with Crippen LogP contribution in [0.3, 0.4) is 0 Å². The van der Waals surface area contributed by atoms with Crippen LogP contribution in [0.5, 0.6) is 5.75 Å². The number of nitrogens with one attached hydrogen (secondary N) is 1. The van der Waals surface area contributed by atoms with Crippen molar-refractivity contribution >= 4 is 29.0 Å². The number of hydrogen-bond acceptors (Lipinski definition) is 7. The van der Waals surface area contributed by atoms with Gasteiger partial charge in [-0.15, -0.1) is 11.8 Å². The van der Waals surface area contributed by atoms with Gasteiger partial charge in [0, 0.05) is 46.5 Å². The molecule has 6 nitrogen and oxygen atoms in total. The Morgan fingerprint density at radius 2 is 1.97 bits per heavy atom. The number of aliphatic hydroxyl groups is 1. The van der Waals surface area contributed by atoms with Crippen molar-refractivity contribution in [3.05, 3.63) is 103 Å². The number of anilines is 2. The van der Waals surface area contributed by atoms with Crippen molar-refractivity contribution in [1.29, 1.82) is 0 Å². The lowest BCUT2D eigenvalue weighted by molar-refractivity contribution is 0.177. The molecular formula is C25H24N4O2S. The van der Waals surface area contributed by atoms with Crippen molar-refractivity contribution in [3.63, 3.8) is 0 Å². The normalized spacial score (nSPS) is 16.2. The van der Waals surface area contributed by atoms with E-state index in [1.807, 2.05) is 66.7 Å². The maximum absolute atomic E-state index is 10.7. The Kier molecular flexibility index (Phi) is 7.22. The molecule has 1 aromatic heterocycles. The lowest BCUT2D eigenvalue weighted by Crippen LogP contribution is -2.26. The van der Waals surface area contributed by atoms with Crippen molar-refractivity contribution in [2.45, 2.75) is 16.9 Å². The van der Waals surface area contributed by atoms with Crippen molar-refractivity contribution in [2.24, 2.45) is 10.9 Å². The van der Waals surface area contributed by atoms with Crippen LogP contribution in [0.15, 0.2) is 107 Å². The minimum absolute atomic E-state index is 0.260. The second-order valence-electron chi connectivity index (χ2n) is 7.15. The number of para-hydroxylation sites is 1. The molecule has 162 valence electrons. The van der Waals surface area contributed by atoms with E-state index >= 15 is 0 Å². The van der Waals surface area contributed by atoms with E-state index in [0.29, 0.717) is 11.6 Å². The molecule has 0 radical (unpaired) electrons. The van der Waals surface area contributed by atoms with Crippen LogP contribution in [0.1, 0.15) is 5.56 Å². The van der Waals surface area contributed by atoms with Crippen LogP contribution >= 0.6 is 11.8 Å². The van der Waals surface area contributed by atoms with Gasteiger partial charge in [-0.05, 0) is 42.0 Å². The number of pyridine rings is 1. The molecule has 7 heteroatoms. The molecule has 0 saturated carbocycles. The lowest BCUT2D eigenvalue weighted by Gasteiger charge is -2.19. The maximum atomic E-state index is 10.7. The Hall–Kier alpha value is -3.55. The molecule has 0 fully saturated rings. The highest BCUT2D eigenvalue weighted by atomic mass is 32.2. The van der Waals surface area contributed by atoms with Gasteiger partial charge >= 0.3 is 0 Å². The van der Waals surface area contributed by atoms with E-state index in [-0.39, 0.29) is 5.92 Å². The van der Waals surface area contributed by atoms with Crippen molar-refractivity contribution in [3.8, 4) is 5.75 Å². The van der Waals surface area contributed by atoms with Gasteiger partial charge in [-0.25, -0.2) is 4.99 Å². The molecule has 4 rings (SSSR count). The zero-order chi connectivity index (χ0) is 22.2. The molecule has 0 bridgehead atoms. The molecule has 2 aromatic carbocycles. The van der Waals surface area contributed by atoms with E-state index in [2.05, 4.69) is 15.3 Å². The van der Waals surface area contributed by atoms with Gasteiger partial charge in [-0.1, -0.05) is 42.5 Å². The zero-order valence-corrected chi connectivity index (χ0v) is 18.2. The number of aliphatic imine (C=N–C) groups is 1. The Labute approximate surface area is 191 Å². The van der Waals surface area contributed by atoms with E-state index in [9.17, 15) is 5.11 Å². The molecule has 2 atom stereocenters. The summed E-state index contributed by atoms with van der Waals surface area (Å²) in [6, 6.07) is 19.2. The predicted octanol–water partition coefficient (Wildman–Crippen LogP) is 4.86. The van der Waals surface area contributed by atoms with Gasteiger partial charge in [-0.2, -0.15) is 0 Å². The van der Waals surface area contributed by atoms with Crippen LogP contribution in [0.2, 0.25) is 0 Å². The molecule has 1 aliphatic heterocycles. The van der Waals surface area contributed by atoms with Crippen molar-refractivity contribution < 1.29 is 9.84 Å². The predicted molar refractivity (Wildman–Crippen MR) is 131 cm³/mol. The molecule has 0 spiro atoms. The van der Waals surface area contributed by atoms with Gasteiger partial charge in [-0.3, -0.25) is 4.98 Å². The first-order valence-corrected chi connectivity index (χ1v) is 11.2.